The molecule has 0 aromatic heterocycles. The van der Waals surface area contributed by atoms with Crippen LogP contribution in [-0.2, 0) is 9.59 Å². The van der Waals surface area contributed by atoms with E-state index in [1.807, 2.05) is 30.3 Å². The summed E-state index contributed by atoms with van der Waals surface area (Å²) in [4.78, 5) is 28.1. The molecule has 1 aliphatic heterocycles. The molecule has 186 valence electrons. The van der Waals surface area contributed by atoms with E-state index in [1.165, 1.54) is 31.3 Å². The van der Waals surface area contributed by atoms with E-state index in [2.05, 4.69) is 0 Å². The minimum atomic E-state index is -1.06. The van der Waals surface area contributed by atoms with Gasteiger partial charge in [-0.2, -0.15) is 0 Å². The summed E-state index contributed by atoms with van der Waals surface area (Å²) in [6, 6.07) is 20.4. The fourth-order valence-electron chi connectivity index (χ4n) is 4.65. The molecule has 0 spiro atoms. The molecular formula is C29H21ClFNO5. The Morgan fingerprint density at radius 2 is 1.65 bits per heavy atom. The number of benzene rings is 4. The smallest absolute Gasteiger partial charge is 0.300 e. The lowest BCUT2D eigenvalue weighted by Crippen LogP contribution is -2.29. The molecule has 4 aromatic carbocycles. The zero-order chi connectivity index (χ0) is 26.3. The number of fused-ring (bicyclic) bond motifs is 1. The Morgan fingerprint density at radius 3 is 2.38 bits per heavy atom. The van der Waals surface area contributed by atoms with Crippen molar-refractivity contribution in [2.45, 2.75) is 6.04 Å². The van der Waals surface area contributed by atoms with E-state index >= 15 is 0 Å². The summed E-state index contributed by atoms with van der Waals surface area (Å²) in [5.41, 5.74) is 0.956. The summed E-state index contributed by atoms with van der Waals surface area (Å²) in [6.07, 6.45) is 0. The van der Waals surface area contributed by atoms with E-state index in [4.69, 9.17) is 21.1 Å². The van der Waals surface area contributed by atoms with Crippen LogP contribution in [0.15, 0.2) is 84.4 Å². The molecule has 0 bridgehead atoms. The summed E-state index contributed by atoms with van der Waals surface area (Å²) in [7, 11) is 2.96. The first-order chi connectivity index (χ1) is 17.8. The Kier molecular flexibility index (Phi) is 6.31. The highest BCUT2D eigenvalue weighted by Crippen LogP contribution is 2.45. The van der Waals surface area contributed by atoms with Gasteiger partial charge in [0.2, 0.25) is 0 Å². The van der Waals surface area contributed by atoms with Gasteiger partial charge in [-0.25, -0.2) is 4.39 Å². The second-order valence-corrected chi connectivity index (χ2v) is 8.82. The number of nitrogens with zero attached hydrogens (tertiary/aromatic N) is 1. The van der Waals surface area contributed by atoms with Crippen LogP contribution in [0.3, 0.4) is 0 Å². The van der Waals surface area contributed by atoms with E-state index in [0.29, 0.717) is 28.0 Å². The van der Waals surface area contributed by atoms with Gasteiger partial charge in [-0.05, 0) is 46.7 Å². The number of aliphatic hydroxyl groups is 1. The number of methoxy groups -OCH3 is 2. The number of rotatable bonds is 5. The van der Waals surface area contributed by atoms with Crippen LogP contribution < -0.4 is 14.4 Å². The first-order valence-corrected chi connectivity index (χ1v) is 11.7. The zero-order valence-corrected chi connectivity index (χ0v) is 20.6. The van der Waals surface area contributed by atoms with Gasteiger partial charge in [0, 0.05) is 11.3 Å². The van der Waals surface area contributed by atoms with Crippen molar-refractivity contribution in [3.63, 3.8) is 0 Å². The molecule has 1 saturated heterocycles. The van der Waals surface area contributed by atoms with Gasteiger partial charge >= 0.3 is 0 Å². The van der Waals surface area contributed by atoms with Gasteiger partial charge in [-0.1, -0.05) is 60.1 Å². The topological polar surface area (TPSA) is 76.1 Å². The molecule has 8 heteroatoms. The maximum absolute atomic E-state index is 14.0. The maximum Gasteiger partial charge on any atom is 0.300 e. The second-order valence-electron chi connectivity index (χ2n) is 8.41. The third-order valence-electron chi connectivity index (χ3n) is 6.39. The van der Waals surface area contributed by atoms with E-state index in [0.717, 1.165) is 11.5 Å². The fourth-order valence-corrected chi connectivity index (χ4v) is 4.82. The molecule has 1 heterocycles. The first-order valence-electron chi connectivity index (χ1n) is 11.3. The van der Waals surface area contributed by atoms with Gasteiger partial charge < -0.3 is 14.6 Å². The van der Waals surface area contributed by atoms with Gasteiger partial charge in [0.05, 0.1) is 30.9 Å². The van der Waals surface area contributed by atoms with Gasteiger partial charge in [-0.3, -0.25) is 14.5 Å². The number of hydrogen-bond acceptors (Lipinski definition) is 5. The van der Waals surface area contributed by atoms with Crippen LogP contribution in [0, 0.1) is 5.82 Å². The van der Waals surface area contributed by atoms with Crippen LogP contribution in [0.25, 0.3) is 16.5 Å². The number of carbonyl (C=O) groups excluding carboxylic acids is 2. The number of hydrogen-bond donors (Lipinski definition) is 1. The van der Waals surface area contributed by atoms with Crippen molar-refractivity contribution in [2.75, 3.05) is 19.1 Å². The largest absolute Gasteiger partial charge is 0.507 e. The number of aliphatic hydroxyl groups excluding tert-OH is 1. The van der Waals surface area contributed by atoms with Crippen LogP contribution in [-0.4, -0.2) is 31.0 Å². The molecule has 1 unspecified atom stereocenters. The molecule has 0 saturated carbocycles. The van der Waals surface area contributed by atoms with Gasteiger partial charge in [0.1, 0.15) is 11.6 Å². The van der Waals surface area contributed by atoms with Crippen molar-refractivity contribution in [2.24, 2.45) is 0 Å². The van der Waals surface area contributed by atoms with Crippen LogP contribution in [0.2, 0.25) is 5.02 Å². The summed E-state index contributed by atoms with van der Waals surface area (Å²) in [5.74, 6) is -1.95. The van der Waals surface area contributed by atoms with Crippen LogP contribution in [0.5, 0.6) is 11.5 Å². The Balaban J connectivity index is 1.79. The quantitative estimate of drug-likeness (QED) is 0.192. The minimum Gasteiger partial charge on any atom is -0.507 e. The minimum absolute atomic E-state index is 0.117. The van der Waals surface area contributed by atoms with Crippen molar-refractivity contribution < 1.29 is 28.6 Å². The molecule has 0 aliphatic carbocycles. The highest BCUT2D eigenvalue weighted by molar-refractivity contribution is 6.52. The second kappa shape index (κ2) is 9.59. The van der Waals surface area contributed by atoms with E-state index in [9.17, 15) is 19.1 Å². The van der Waals surface area contributed by atoms with Crippen molar-refractivity contribution in [3.8, 4) is 11.5 Å². The number of amides is 1. The van der Waals surface area contributed by atoms with Crippen LogP contribution in [0.4, 0.5) is 10.1 Å². The van der Waals surface area contributed by atoms with Gasteiger partial charge in [0.25, 0.3) is 11.7 Å². The molecule has 1 N–H and O–H groups in total. The first kappa shape index (κ1) is 24.3. The lowest BCUT2D eigenvalue weighted by molar-refractivity contribution is -0.132. The molecule has 1 atom stereocenters. The summed E-state index contributed by atoms with van der Waals surface area (Å²) < 4.78 is 24.7. The predicted molar refractivity (Wildman–Crippen MR) is 140 cm³/mol. The SMILES string of the molecule is COc1ccc(C2/C(=C(\O)c3cccc4ccccc34)C(=O)C(=O)N2c2ccc(F)c(Cl)c2)cc1OC. The average Bonchev–Trinajstić information content (AvgIpc) is 3.19. The van der Waals surface area contributed by atoms with E-state index in [1.54, 1.807) is 30.3 Å². The Morgan fingerprint density at radius 1 is 0.919 bits per heavy atom. The third kappa shape index (κ3) is 4.07. The number of ketones is 1. The molecular weight excluding hydrogens is 497 g/mol. The van der Waals surface area contributed by atoms with Gasteiger partial charge in [-0.15, -0.1) is 0 Å². The molecule has 37 heavy (non-hydrogen) atoms. The average molecular weight is 518 g/mol. The Hall–Kier alpha value is -4.36. The standard InChI is InChI=1S/C29H21ClFNO5/c1-36-23-13-10-17(14-24(23)37-2)26-25(27(33)20-9-5-7-16-6-3-4-8-19(16)20)28(34)29(35)32(26)18-11-12-22(31)21(30)15-18/h3-15,26,33H,1-2H3/b27-25+. The molecule has 1 aliphatic rings. The van der Waals surface area contributed by atoms with E-state index in [-0.39, 0.29) is 22.0 Å². The zero-order valence-electron chi connectivity index (χ0n) is 19.9. The predicted octanol–water partition coefficient (Wildman–Crippen LogP) is 6.28. The van der Waals surface area contributed by atoms with Crippen molar-refractivity contribution in [1.82, 2.24) is 0 Å². The fraction of sp³-hybridized carbons (Fsp3) is 0.103. The summed E-state index contributed by atoms with van der Waals surface area (Å²) in [6.45, 7) is 0. The summed E-state index contributed by atoms with van der Waals surface area (Å²) in [5, 5.41) is 12.9. The highest BCUT2D eigenvalue weighted by atomic mass is 35.5. The number of carbonyl (C=O) groups is 2. The lowest BCUT2D eigenvalue weighted by atomic mass is 9.93. The van der Waals surface area contributed by atoms with Crippen molar-refractivity contribution >= 4 is 45.5 Å². The van der Waals surface area contributed by atoms with Crippen molar-refractivity contribution in [1.29, 1.82) is 0 Å². The lowest BCUT2D eigenvalue weighted by Gasteiger charge is -2.26. The number of Topliss-reactive ketones (excluding diaryl/α,β-unsaturated/α-hetero) is 1. The molecule has 0 radical (unpaired) electrons. The molecule has 1 fully saturated rings. The maximum atomic E-state index is 14.0. The van der Waals surface area contributed by atoms with Gasteiger partial charge in [0.15, 0.2) is 11.5 Å². The number of ether oxygens (including phenoxy) is 2. The van der Waals surface area contributed by atoms with Crippen LogP contribution >= 0.6 is 11.6 Å². The molecule has 1 amide bonds. The molecule has 5 rings (SSSR count). The highest BCUT2D eigenvalue weighted by Gasteiger charge is 2.47. The number of anilines is 1. The molecule has 4 aromatic rings. The monoisotopic (exact) mass is 517 g/mol. The Labute approximate surface area is 217 Å². The Bertz CT molecular complexity index is 1590. The van der Waals surface area contributed by atoms with E-state index < -0.39 is 23.5 Å². The number of halogens is 2. The normalized spacial score (nSPS) is 16.9. The summed E-state index contributed by atoms with van der Waals surface area (Å²) >= 11 is 6.02. The van der Waals surface area contributed by atoms with Crippen molar-refractivity contribution in [3.05, 3.63) is 106 Å². The van der Waals surface area contributed by atoms with Crippen LogP contribution in [0.1, 0.15) is 17.2 Å². The molecule has 6 nitrogen and oxygen atoms in total. The third-order valence-corrected chi connectivity index (χ3v) is 6.68.